The summed E-state index contributed by atoms with van der Waals surface area (Å²) in [5.74, 6) is -0.147. The molecule has 0 aromatic heterocycles. The highest BCUT2D eigenvalue weighted by molar-refractivity contribution is 5.73. The molecule has 0 aliphatic carbocycles. The number of ether oxygens (including phenoxy) is 3. The van der Waals surface area contributed by atoms with Crippen LogP contribution in [0.25, 0.3) is 0 Å². The van der Waals surface area contributed by atoms with E-state index < -0.39 is 18.2 Å². The molecule has 0 heterocycles. The Morgan fingerprint density at radius 1 is 0.857 bits per heavy atom. The average Bonchev–Trinajstić information content (AvgIpc) is 2.34. The molecule has 0 saturated heterocycles. The lowest BCUT2D eigenvalue weighted by molar-refractivity contribution is -0.154. The minimum atomic E-state index is -0.721. The summed E-state index contributed by atoms with van der Waals surface area (Å²) in [6, 6.07) is 0. The van der Waals surface area contributed by atoms with Crippen LogP contribution >= 0.6 is 0 Å². The van der Waals surface area contributed by atoms with Crippen molar-refractivity contribution in [2.45, 2.75) is 60.5 Å². The Morgan fingerprint density at radius 2 is 1.38 bits per heavy atom. The third kappa shape index (κ3) is 8.58. The Balaban J connectivity index is 5.05. The van der Waals surface area contributed by atoms with Gasteiger partial charge in [-0.05, 0) is 38.5 Å². The normalized spacial score (nSPS) is 13.9. The lowest BCUT2D eigenvalue weighted by atomic mass is 9.87. The van der Waals surface area contributed by atoms with E-state index in [1.807, 2.05) is 27.7 Å². The standard InChI is InChI=1S/C16H30O5/c1-7-19-15(17)13(9-11(3)4)14(10-12(5)6)21-16(18)20-8-2/h11-14H,7-10H2,1-6H3. The molecule has 0 spiro atoms. The van der Waals surface area contributed by atoms with E-state index in [9.17, 15) is 9.59 Å². The maximum absolute atomic E-state index is 12.2. The molecule has 21 heavy (non-hydrogen) atoms. The number of esters is 1. The molecule has 0 N–H and O–H groups in total. The zero-order valence-electron chi connectivity index (χ0n) is 14.2. The van der Waals surface area contributed by atoms with E-state index in [2.05, 4.69) is 0 Å². The number of hydrogen-bond donors (Lipinski definition) is 0. The van der Waals surface area contributed by atoms with Crippen LogP contribution < -0.4 is 0 Å². The van der Waals surface area contributed by atoms with Gasteiger partial charge in [0.15, 0.2) is 0 Å². The van der Waals surface area contributed by atoms with Crippen LogP contribution in [-0.2, 0) is 19.0 Å². The number of rotatable bonds is 9. The summed E-state index contributed by atoms with van der Waals surface area (Å²) in [5.41, 5.74) is 0. The second-order valence-corrected chi connectivity index (χ2v) is 5.96. The van der Waals surface area contributed by atoms with E-state index >= 15 is 0 Å². The molecule has 0 aliphatic rings. The van der Waals surface area contributed by atoms with Crippen LogP contribution in [0.4, 0.5) is 4.79 Å². The van der Waals surface area contributed by atoms with Gasteiger partial charge >= 0.3 is 12.1 Å². The van der Waals surface area contributed by atoms with E-state index in [1.165, 1.54) is 0 Å². The fraction of sp³-hybridized carbons (Fsp3) is 0.875. The van der Waals surface area contributed by atoms with Gasteiger partial charge in [0.05, 0.1) is 19.1 Å². The van der Waals surface area contributed by atoms with Gasteiger partial charge in [0, 0.05) is 0 Å². The van der Waals surface area contributed by atoms with Crippen molar-refractivity contribution in [3.05, 3.63) is 0 Å². The van der Waals surface area contributed by atoms with Crippen molar-refractivity contribution in [2.24, 2.45) is 17.8 Å². The van der Waals surface area contributed by atoms with Crippen LogP contribution in [0.1, 0.15) is 54.4 Å². The smallest absolute Gasteiger partial charge is 0.466 e. The average molecular weight is 302 g/mol. The third-order valence-corrected chi connectivity index (χ3v) is 2.98. The van der Waals surface area contributed by atoms with Crippen molar-refractivity contribution >= 4 is 12.1 Å². The summed E-state index contributed by atoms with van der Waals surface area (Å²) in [7, 11) is 0. The van der Waals surface area contributed by atoms with Gasteiger partial charge in [-0.25, -0.2) is 4.79 Å². The van der Waals surface area contributed by atoms with Gasteiger partial charge in [0.1, 0.15) is 6.10 Å². The number of carbonyl (C=O) groups is 2. The lowest BCUT2D eigenvalue weighted by Gasteiger charge is -2.27. The summed E-state index contributed by atoms with van der Waals surface area (Å²) in [4.78, 5) is 23.8. The molecule has 0 amide bonds. The summed E-state index contributed by atoms with van der Waals surface area (Å²) in [6.45, 7) is 12.2. The van der Waals surface area contributed by atoms with Crippen molar-refractivity contribution in [2.75, 3.05) is 13.2 Å². The molecule has 0 saturated carbocycles. The fourth-order valence-electron chi connectivity index (χ4n) is 2.19. The van der Waals surface area contributed by atoms with Crippen LogP contribution in [0.2, 0.25) is 0 Å². The molecular formula is C16H30O5. The van der Waals surface area contributed by atoms with Gasteiger partial charge in [0.25, 0.3) is 0 Å². The quantitative estimate of drug-likeness (QED) is 0.606. The molecule has 0 aromatic carbocycles. The predicted molar refractivity (Wildman–Crippen MR) is 80.9 cm³/mol. The van der Waals surface area contributed by atoms with Gasteiger partial charge in [-0.1, -0.05) is 27.7 Å². The zero-order valence-corrected chi connectivity index (χ0v) is 14.2. The molecule has 2 unspecified atom stereocenters. The van der Waals surface area contributed by atoms with E-state index in [-0.39, 0.29) is 12.6 Å². The summed E-state index contributed by atoms with van der Waals surface area (Å²) in [5, 5.41) is 0. The summed E-state index contributed by atoms with van der Waals surface area (Å²) in [6.07, 6.45) is -0.00308. The Bertz CT molecular complexity index is 312. The topological polar surface area (TPSA) is 61.8 Å². The van der Waals surface area contributed by atoms with E-state index in [4.69, 9.17) is 14.2 Å². The van der Waals surface area contributed by atoms with Gasteiger partial charge in [-0.15, -0.1) is 0 Å². The first-order chi connectivity index (χ1) is 9.81. The highest BCUT2D eigenvalue weighted by Crippen LogP contribution is 2.25. The molecule has 0 aromatic rings. The van der Waals surface area contributed by atoms with E-state index in [0.29, 0.717) is 31.3 Å². The third-order valence-electron chi connectivity index (χ3n) is 2.98. The first-order valence-corrected chi connectivity index (χ1v) is 7.81. The van der Waals surface area contributed by atoms with Gasteiger partial charge in [-0.2, -0.15) is 0 Å². The molecule has 2 atom stereocenters. The molecular weight excluding hydrogens is 272 g/mol. The second-order valence-electron chi connectivity index (χ2n) is 5.96. The van der Waals surface area contributed by atoms with Gasteiger partial charge in [0.2, 0.25) is 0 Å². The largest absolute Gasteiger partial charge is 0.508 e. The van der Waals surface area contributed by atoms with Gasteiger partial charge in [-0.3, -0.25) is 4.79 Å². The first-order valence-electron chi connectivity index (χ1n) is 7.81. The van der Waals surface area contributed by atoms with E-state index in [1.54, 1.807) is 13.8 Å². The molecule has 0 bridgehead atoms. The Morgan fingerprint density at radius 3 is 1.81 bits per heavy atom. The number of carbonyl (C=O) groups excluding carboxylic acids is 2. The minimum absolute atomic E-state index is 0.251. The molecule has 0 fully saturated rings. The van der Waals surface area contributed by atoms with Crippen molar-refractivity contribution in [1.82, 2.24) is 0 Å². The summed E-state index contributed by atoms with van der Waals surface area (Å²) >= 11 is 0. The van der Waals surface area contributed by atoms with Crippen LogP contribution in [0.15, 0.2) is 0 Å². The molecule has 0 rings (SSSR count). The Hall–Kier alpha value is -1.26. The van der Waals surface area contributed by atoms with Crippen LogP contribution in [0, 0.1) is 17.8 Å². The monoisotopic (exact) mass is 302 g/mol. The predicted octanol–water partition coefficient (Wildman–Crippen LogP) is 3.80. The lowest BCUT2D eigenvalue weighted by Crippen LogP contribution is -2.36. The summed E-state index contributed by atoms with van der Waals surface area (Å²) < 4.78 is 15.3. The SMILES string of the molecule is CCOC(=O)OC(CC(C)C)C(CC(C)C)C(=O)OCC. The highest BCUT2D eigenvalue weighted by Gasteiger charge is 2.34. The Labute approximate surface area is 128 Å². The van der Waals surface area contributed by atoms with Crippen LogP contribution in [0.3, 0.4) is 0 Å². The molecule has 5 nitrogen and oxygen atoms in total. The van der Waals surface area contributed by atoms with Crippen LogP contribution in [0.5, 0.6) is 0 Å². The fourth-order valence-corrected chi connectivity index (χ4v) is 2.19. The van der Waals surface area contributed by atoms with Crippen LogP contribution in [-0.4, -0.2) is 31.4 Å². The molecule has 124 valence electrons. The molecule has 0 aliphatic heterocycles. The second kappa shape index (κ2) is 10.5. The van der Waals surface area contributed by atoms with Crippen molar-refractivity contribution in [3.63, 3.8) is 0 Å². The maximum atomic E-state index is 12.2. The number of hydrogen-bond acceptors (Lipinski definition) is 5. The first kappa shape index (κ1) is 19.7. The van der Waals surface area contributed by atoms with Crippen molar-refractivity contribution in [1.29, 1.82) is 0 Å². The van der Waals surface area contributed by atoms with Crippen molar-refractivity contribution < 1.29 is 23.8 Å². The van der Waals surface area contributed by atoms with Gasteiger partial charge < -0.3 is 14.2 Å². The van der Waals surface area contributed by atoms with E-state index in [0.717, 1.165) is 0 Å². The zero-order chi connectivity index (χ0) is 16.4. The van der Waals surface area contributed by atoms with Crippen molar-refractivity contribution in [3.8, 4) is 0 Å². The highest BCUT2D eigenvalue weighted by atomic mass is 16.7. The Kier molecular flexibility index (Phi) is 9.84. The molecule has 0 radical (unpaired) electrons. The molecule has 5 heteroatoms. The minimum Gasteiger partial charge on any atom is -0.466 e. The maximum Gasteiger partial charge on any atom is 0.508 e.